The Hall–Kier alpha value is -1.22. The van der Waals surface area contributed by atoms with Gasteiger partial charge in [-0.05, 0) is 6.92 Å². The van der Waals surface area contributed by atoms with E-state index < -0.39 is 36.0 Å². The summed E-state index contributed by atoms with van der Waals surface area (Å²) >= 11 is 5.57. The van der Waals surface area contributed by atoms with Crippen LogP contribution in [0.5, 0.6) is 0 Å². The van der Waals surface area contributed by atoms with E-state index in [0.717, 1.165) is 23.8 Å². The van der Waals surface area contributed by atoms with Gasteiger partial charge in [-0.3, -0.25) is 14.3 Å². The molecule has 0 amide bonds. The number of H-pyrrole nitrogens is 1. The number of hydrogen-bond acceptors (Lipinski definition) is 5. The molecule has 7 nitrogen and oxygen atoms in total. The van der Waals surface area contributed by atoms with Crippen LogP contribution in [0.15, 0.2) is 21.9 Å². The third-order valence-corrected chi connectivity index (χ3v) is 2.73. The number of alkyl halides is 2. The van der Waals surface area contributed by atoms with Crippen LogP contribution in [0.3, 0.4) is 0 Å². The Labute approximate surface area is 112 Å². The zero-order valence-corrected chi connectivity index (χ0v) is 10.8. The van der Waals surface area contributed by atoms with Crippen molar-refractivity contribution in [2.24, 2.45) is 0 Å². The SMILES string of the molecule is C[C@H](O)[C@@](F)(CO)O[C@H](CCl)n1ccc(=O)[nH]c1=O. The Balaban J connectivity index is 3.08. The average Bonchev–Trinajstić information content (AvgIpc) is 2.36. The minimum Gasteiger partial charge on any atom is -0.390 e. The molecule has 1 aromatic heterocycles. The lowest BCUT2D eigenvalue weighted by atomic mass is 10.2. The monoisotopic (exact) mass is 296 g/mol. The molecule has 0 spiro atoms. The molecule has 0 fully saturated rings. The normalized spacial score (nSPS) is 17.7. The zero-order chi connectivity index (χ0) is 14.6. The van der Waals surface area contributed by atoms with Crippen molar-refractivity contribution >= 4 is 11.6 Å². The summed E-state index contributed by atoms with van der Waals surface area (Å²) in [5.74, 6) is -3.10. The maximum atomic E-state index is 14.0. The van der Waals surface area contributed by atoms with Crippen molar-refractivity contribution < 1.29 is 19.3 Å². The predicted octanol–water partition coefficient (Wildman–Crippen LogP) is -0.671. The van der Waals surface area contributed by atoms with E-state index in [1.165, 1.54) is 0 Å². The Morgan fingerprint density at radius 3 is 2.68 bits per heavy atom. The fourth-order valence-electron chi connectivity index (χ4n) is 1.31. The first-order valence-corrected chi connectivity index (χ1v) is 5.90. The van der Waals surface area contributed by atoms with E-state index in [1.54, 1.807) is 0 Å². The second kappa shape index (κ2) is 6.29. The van der Waals surface area contributed by atoms with Gasteiger partial charge in [-0.1, -0.05) is 0 Å². The van der Waals surface area contributed by atoms with E-state index in [2.05, 4.69) is 0 Å². The molecule has 0 bridgehead atoms. The molecule has 0 aliphatic carbocycles. The second-order valence-corrected chi connectivity index (χ2v) is 4.17. The van der Waals surface area contributed by atoms with Crippen LogP contribution in [0.2, 0.25) is 0 Å². The van der Waals surface area contributed by atoms with Crippen molar-refractivity contribution in [3.63, 3.8) is 0 Å². The molecular weight excluding hydrogens is 283 g/mol. The minimum absolute atomic E-state index is 0.329. The summed E-state index contributed by atoms with van der Waals surface area (Å²) < 4.78 is 19.7. The van der Waals surface area contributed by atoms with Gasteiger partial charge in [-0.25, -0.2) is 9.18 Å². The van der Waals surface area contributed by atoms with Crippen LogP contribution in [0.1, 0.15) is 13.2 Å². The van der Waals surface area contributed by atoms with E-state index in [4.69, 9.17) is 21.4 Å². The van der Waals surface area contributed by atoms with Crippen molar-refractivity contribution in [2.45, 2.75) is 25.1 Å². The number of aromatic nitrogens is 2. The van der Waals surface area contributed by atoms with Crippen LogP contribution in [0.4, 0.5) is 4.39 Å². The van der Waals surface area contributed by atoms with Gasteiger partial charge in [0.25, 0.3) is 11.4 Å². The standard InChI is InChI=1S/C10H14ClFN2O5/c1-6(16)10(12,5-15)19-8(4-11)14-3-2-7(17)13-9(14)18/h2-3,6,8,15-16H,4-5H2,1H3,(H,13,17,18)/t6-,8+,10+/m0/s1. The third-order valence-electron chi connectivity index (χ3n) is 2.46. The van der Waals surface area contributed by atoms with E-state index >= 15 is 0 Å². The topological polar surface area (TPSA) is 105 Å². The Kier molecular flexibility index (Phi) is 5.24. The van der Waals surface area contributed by atoms with Crippen molar-refractivity contribution in [3.05, 3.63) is 33.1 Å². The summed E-state index contributed by atoms with van der Waals surface area (Å²) in [5.41, 5.74) is -1.47. The first-order chi connectivity index (χ1) is 8.84. The van der Waals surface area contributed by atoms with E-state index in [9.17, 15) is 19.1 Å². The van der Waals surface area contributed by atoms with Gasteiger partial charge < -0.3 is 14.9 Å². The molecule has 0 unspecified atom stereocenters. The van der Waals surface area contributed by atoms with Gasteiger partial charge in [0.15, 0.2) is 6.23 Å². The molecule has 3 atom stereocenters. The number of aliphatic hydroxyl groups excluding tert-OH is 2. The Morgan fingerprint density at radius 1 is 1.63 bits per heavy atom. The molecule has 1 heterocycles. The van der Waals surface area contributed by atoms with Gasteiger partial charge in [0, 0.05) is 12.3 Å². The highest BCUT2D eigenvalue weighted by atomic mass is 35.5. The number of ether oxygens (including phenoxy) is 1. The van der Waals surface area contributed by atoms with E-state index in [-0.39, 0.29) is 5.88 Å². The first kappa shape index (κ1) is 15.8. The highest BCUT2D eigenvalue weighted by Gasteiger charge is 2.39. The summed E-state index contributed by atoms with van der Waals surface area (Å²) in [6.45, 7) is -0.0344. The van der Waals surface area contributed by atoms with Crippen LogP contribution in [0, 0.1) is 0 Å². The second-order valence-electron chi connectivity index (χ2n) is 3.86. The van der Waals surface area contributed by atoms with E-state index in [0.29, 0.717) is 0 Å². The van der Waals surface area contributed by atoms with Gasteiger partial charge in [-0.2, -0.15) is 0 Å². The maximum absolute atomic E-state index is 14.0. The Morgan fingerprint density at radius 2 is 2.26 bits per heavy atom. The molecule has 0 saturated heterocycles. The molecule has 0 aromatic carbocycles. The number of rotatable bonds is 6. The fraction of sp³-hybridized carbons (Fsp3) is 0.600. The van der Waals surface area contributed by atoms with Crippen molar-refractivity contribution in [1.82, 2.24) is 9.55 Å². The molecule has 108 valence electrons. The van der Waals surface area contributed by atoms with Crippen LogP contribution in [-0.2, 0) is 4.74 Å². The highest BCUT2D eigenvalue weighted by Crippen LogP contribution is 2.24. The highest BCUT2D eigenvalue weighted by molar-refractivity contribution is 6.18. The van der Waals surface area contributed by atoms with Gasteiger partial charge in [-0.15, -0.1) is 11.6 Å². The van der Waals surface area contributed by atoms with Gasteiger partial charge in [0.1, 0.15) is 12.7 Å². The van der Waals surface area contributed by atoms with E-state index in [1.807, 2.05) is 4.98 Å². The summed E-state index contributed by atoms with van der Waals surface area (Å²) in [6.07, 6.45) is -1.85. The van der Waals surface area contributed by atoms with Crippen LogP contribution < -0.4 is 11.2 Å². The lowest BCUT2D eigenvalue weighted by Crippen LogP contribution is -2.46. The maximum Gasteiger partial charge on any atom is 0.330 e. The molecule has 0 aliphatic heterocycles. The molecule has 0 saturated carbocycles. The average molecular weight is 297 g/mol. The van der Waals surface area contributed by atoms with Gasteiger partial charge >= 0.3 is 5.69 Å². The summed E-state index contributed by atoms with van der Waals surface area (Å²) in [7, 11) is 0. The largest absolute Gasteiger partial charge is 0.390 e. The summed E-state index contributed by atoms with van der Waals surface area (Å²) in [4.78, 5) is 24.4. The molecular formula is C10H14ClFN2O5. The molecule has 0 radical (unpaired) electrons. The lowest BCUT2D eigenvalue weighted by Gasteiger charge is -2.30. The smallest absolute Gasteiger partial charge is 0.330 e. The van der Waals surface area contributed by atoms with Crippen LogP contribution in [-0.4, -0.2) is 44.2 Å². The minimum atomic E-state index is -2.77. The summed E-state index contributed by atoms with van der Waals surface area (Å²) in [5, 5.41) is 18.1. The number of nitrogens with one attached hydrogen (secondary N) is 1. The number of halogens is 2. The van der Waals surface area contributed by atoms with Crippen molar-refractivity contribution in [3.8, 4) is 0 Å². The molecule has 1 rings (SSSR count). The van der Waals surface area contributed by atoms with Crippen LogP contribution >= 0.6 is 11.6 Å². The number of aliphatic hydroxyl groups is 2. The first-order valence-electron chi connectivity index (χ1n) is 5.37. The molecule has 19 heavy (non-hydrogen) atoms. The zero-order valence-electron chi connectivity index (χ0n) is 10.0. The summed E-state index contributed by atoms with van der Waals surface area (Å²) in [6, 6.07) is 1.03. The Bertz CT molecular complexity index is 531. The quantitative estimate of drug-likeness (QED) is 0.604. The molecule has 0 aliphatic rings. The third kappa shape index (κ3) is 3.63. The molecule has 3 N–H and O–H groups in total. The predicted molar refractivity (Wildman–Crippen MR) is 64.8 cm³/mol. The number of nitrogens with zero attached hydrogens (tertiary/aromatic N) is 1. The van der Waals surface area contributed by atoms with Gasteiger partial charge in [0.05, 0.1) is 5.88 Å². The number of hydrogen-bond donors (Lipinski definition) is 3. The van der Waals surface area contributed by atoms with Crippen LogP contribution in [0.25, 0.3) is 0 Å². The number of aromatic amines is 1. The lowest BCUT2D eigenvalue weighted by molar-refractivity contribution is -0.256. The fourth-order valence-corrected chi connectivity index (χ4v) is 1.52. The molecule has 1 aromatic rings. The van der Waals surface area contributed by atoms with Gasteiger partial charge in [0.2, 0.25) is 0 Å². The van der Waals surface area contributed by atoms with Crippen molar-refractivity contribution in [2.75, 3.05) is 12.5 Å². The molecule has 9 heteroatoms. The van der Waals surface area contributed by atoms with Crippen molar-refractivity contribution in [1.29, 1.82) is 0 Å².